The molecule has 6 nitrogen and oxygen atoms in total. The summed E-state index contributed by atoms with van der Waals surface area (Å²) >= 11 is 5.85. The summed E-state index contributed by atoms with van der Waals surface area (Å²) < 4.78 is 0. The van der Waals surface area contributed by atoms with Crippen molar-refractivity contribution in [1.82, 2.24) is 4.90 Å². The monoisotopic (exact) mass is 339 g/mol. The average Bonchev–Trinajstić information content (AvgIpc) is 2.52. The zero-order chi connectivity index (χ0) is 17.0. The van der Waals surface area contributed by atoms with Crippen LogP contribution in [0.25, 0.3) is 0 Å². The van der Waals surface area contributed by atoms with E-state index in [1.807, 2.05) is 9.80 Å². The molecule has 1 saturated heterocycles. The molecule has 2 rings (SSSR count). The van der Waals surface area contributed by atoms with Gasteiger partial charge in [0, 0.05) is 43.7 Å². The summed E-state index contributed by atoms with van der Waals surface area (Å²) in [6, 6.07) is 4.71. The number of benzene rings is 1. The number of halogens is 1. The van der Waals surface area contributed by atoms with Gasteiger partial charge in [-0.3, -0.25) is 14.9 Å². The number of hydrogen-bond acceptors (Lipinski definition) is 4. The first-order valence-corrected chi connectivity index (χ1v) is 8.23. The van der Waals surface area contributed by atoms with Crippen LogP contribution in [0.1, 0.15) is 26.7 Å². The van der Waals surface area contributed by atoms with Gasteiger partial charge in [-0.1, -0.05) is 25.4 Å². The van der Waals surface area contributed by atoms with Gasteiger partial charge < -0.3 is 9.80 Å². The van der Waals surface area contributed by atoms with Gasteiger partial charge in [0.2, 0.25) is 5.91 Å². The van der Waals surface area contributed by atoms with Crippen molar-refractivity contribution in [3.8, 4) is 0 Å². The van der Waals surface area contributed by atoms with Crippen LogP contribution in [-0.2, 0) is 4.79 Å². The molecule has 0 unspecified atom stereocenters. The maximum Gasteiger partial charge on any atom is 0.294 e. The predicted octanol–water partition coefficient (Wildman–Crippen LogP) is 3.33. The quantitative estimate of drug-likeness (QED) is 0.609. The zero-order valence-corrected chi connectivity index (χ0v) is 14.3. The lowest BCUT2D eigenvalue weighted by Crippen LogP contribution is -2.49. The Balaban J connectivity index is 1.99. The molecule has 0 atom stereocenters. The number of amides is 1. The molecule has 0 aromatic heterocycles. The fourth-order valence-corrected chi connectivity index (χ4v) is 2.84. The van der Waals surface area contributed by atoms with Crippen LogP contribution in [0, 0.1) is 16.0 Å². The van der Waals surface area contributed by atoms with E-state index in [9.17, 15) is 14.9 Å². The van der Waals surface area contributed by atoms with Crippen LogP contribution in [0.2, 0.25) is 5.02 Å². The minimum Gasteiger partial charge on any atom is -0.362 e. The maximum absolute atomic E-state index is 12.1. The van der Waals surface area contributed by atoms with Crippen LogP contribution in [0.3, 0.4) is 0 Å². The number of piperazine rings is 1. The molecule has 1 aromatic carbocycles. The molecule has 1 aromatic rings. The SMILES string of the molecule is CC(C)CCC(=O)N1CCN(c2ccc(Cl)cc2[N+](=O)[O-])CC1. The number of nitro groups is 1. The summed E-state index contributed by atoms with van der Waals surface area (Å²) in [7, 11) is 0. The lowest BCUT2D eigenvalue weighted by atomic mass is 10.1. The molecule has 1 fully saturated rings. The van der Waals surface area contributed by atoms with E-state index in [0.29, 0.717) is 49.2 Å². The largest absolute Gasteiger partial charge is 0.362 e. The minimum atomic E-state index is -0.415. The number of anilines is 1. The Kier molecular flexibility index (Phi) is 5.82. The van der Waals surface area contributed by atoms with Gasteiger partial charge >= 0.3 is 0 Å². The standard InChI is InChI=1S/C16H22ClN3O3/c1-12(2)3-6-16(21)19-9-7-18(8-10-19)14-5-4-13(17)11-15(14)20(22)23/h4-5,11-12H,3,6-10H2,1-2H3. The number of carbonyl (C=O) groups is 1. The summed E-state index contributed by atoms with van der Waals surface area (Å²) in [6.07, 6.45) is 1.46. The molecule has 1 aliphatic heterocycles. The highest BCUT2D eigenvalue weighted by molar-refractivity contribution is 6.30. The average molecular weight is 340 g/mol. The van der Waals surface area contributed by atoms with Crippen molar-refractivity contribution in [2.24, 2.45) is 5.92 Å². The van der Waals surface area contributed by atoms with Gasteiger partial charge in [0.05, 0.1) is 4.92 Å². The molecule has 0 radical (unpaired) electrons. The Morgan fingerprint density at radius 1 is 1.30 bits per heavy atom. The molecule has 1 aliphatic rings. The highest BCUT2D eigenvalue weighted by atomic mass is 35.5. The van der Waals surface area contributed by atoms with E-state index < -0.39 is 4.92 Å². The maximum atomic E-state index is 12.1. The highest BCUT2D eigenvalue weighted by Crippen LogP contribution is 2.31. The predicted molar refractivity (Wildman–Crippen MR) is 91.0 cm³/mol. The molecular formula is C16H22ClN3O3. The summed E-state index contributed by atoms with van der Waals surface area (Å²) in [4.78, 5) is 26.7. The number of hydrogen-bond donors (Lipinski definition) is 0. The van der Waals surface area contributed by atoms with Crippen LogP contribution in [0.4, 0.5) is 11.4 Å². The molecule has 0 bridgehead atoms. The molecule has 1 heterocycles. The summed E-state index contributed by atoms with van der Waals surface area (Å²) in [5.74, 6) is 0.681. The van der Waals surface area contributed by atoms with E-state index in [1.165, 1.54) is 6.07 Å². The Morgan fingerprint density at radius 3 is 2.52 bits per heavy atom. The molecule has 1 amide bonds. The van der Waals surface area contributed by atoms with Crippen LogP contribution in [-0.4, -0.2) is 41.9 Å². The second-order valence-electron chi connectivity index (χ2n) is 6.19. The number of carbonyl (C=O) groups excluding carboxylic acids is 1. The Hall–Kier alpha value is -1.82. The lowest BCUT2D eigenvalue weighted by molar-refractivity contribution is -0.384. The van der Waals surface area contributed by atoms with Gasteiger partial charge in [0.15, 0.2) is 0 Å². The first kappa shape index (κ1) is 17.5. The van der Waals surface area contributed by atoms with E-state index in [0.717, 1.165) is 6.42 Å². The van der Waals surface area contributed by atoms with E-state index in [4.69, 9.17) is 11.6 Å². The third-order valence-corrected chi connectivity index (χ3v) is 4.28. The van der Waals surface area contributed by atoms with Gasteiger partial charge in [0.25, 0.3) is 5.69 Å². The van der Waals surface area contributed by atoms with Gasteiger partial charge in [-0.2, -0.15) is 0 Å². The molecule has 0 aliphatic carbocycles. The van der Waals surface area contributed by atoms with Crippen molar-refractivity contribution < 1.29 is 9.72 Å². The molecule has 126 valence electrons. The van der Waals surface area contributed by atoms with Crippen LogP contribution < -0.4 is 4.90 Å². The van der Waals surface area contributed by atoms with E-state index in [-0.39, 0.29) is 11.6 Å². The molecule has 23 heavy (non-hydrogen) atoms. The van der Waals surface area contributed by atoms with Crippen molar-refractivity contribution in [2.45, 2.75) is 26.7 Å². The fourth-order valence-electron chi connectivity index (χ4n) is 2.68. The molecule has 0 saturated carbocycles. The Bertz CT molecular complexity index is 584. The van der Waals surface area contributed by atoms with Gasteiger partial charge in [-0.25, -0.2) is 0 Å². The fraction of sp³-hybridized carbons (Fsp3) is 0.562. The van der Waals surface area contributed by atoms with Crippen molar-refractivity contribution in [3.05, 3.63) is 33.3 Å². The van der Waals surface area contributed by atoms with Crippen LogP contribution in [0.15, 0.2) is 18.2 Å². The topological polar surface area (TPSA) is 66.7 Å². The van der Waals surface area contributed by atoms with Gasteiger partial charge in [0.1, 0.15) is 5.69 Å². The zero-order valence-electron chi connectivity index (χ0n) is 13.5. The van der Waals surface area contributed by atoms with Gasteiger partial charge in [-0.05, 0) is 24.5 Å². The third-order valence-electron chi connectivity index (χ3n) is 4.04. The molecular weight excluding hydrogens is 318 g/mol. The normalized spacial score (nSPS) is 15.1. The van der Waals surface area contributed by atoms with E-state index in [2.05, 4.69) is 13.8 Å². The second kappa shape index (κ2) is 7.64. The number of rotatable bonds is 5. The first-order chi connectivity index (χ1) is 10.9. The minimum absolute atomic E-state index is 0.0112. The lowest BCUT2D eigenvalue weighted by Gasteiger charge is -2.36. The third kappa shape index (κ3) is 4.58. The van der Waals surface area contributed by atoms with Crippen molar-refractivity contribution >= 4 is 28.9 Å². The Labute approximate surface area is 141 Å². The number of nitrogens with zero attached hydrogens (tertiary/aromatic N) is 3. The first-order valence-electron chi connectivity index (χ1n) is 7.85. The highest BCUT2D eigenvalue weighted by Gasteiger charge is 2.25. The smallest absolute Gasteiger partial charge is 0.294 e. The van der Waals surface area contributed by atoms with Gasteiger partial charge in [-0.15, -0.1) is 0 Å². The second-order valence-corrected chi connectivity index (χ2v) is 6.63. The van der Waals surface area contributed by atoms with Crippen molar-refractivity contribution in [3.63, 3.8) is 0 Å². The van der Waals surface area contributed by atoms with Crippen LogP contribution >= 0.6 is 11.6 Å². The Morgan fingerprint density at radius 2 is 1.96 bits per heavy atom. The summed E-state index contributed by atoms with van der Waals surface area (Å²) in [6.45, 7) is 6.58. The number of nitro benzene ring substituents is 1. The van der Waals surface area contributed by atoms with Crippen molar-refractivity contribution in [2.75, 3.05) is 31.1 Å². The molecule has 0 N–H and O–H groups in total. The van der Waals surface area contributed by atoms with E-state index in [1.54, 1.807) is 12.1 Å². The van der Waals surface area contributed by atoms with Crippen LogP contribution in [0.5, 0.6) is 0 Å². The molecule has 0 spiro atoms. The summed E-state index contributed by atoms with van der Waals surface area (Å²) in [5.41, 5.74) is 0.575. The van der Waals surface area contributed by atoms with Crippen molar-refractivity contribution in [1.29, 1.82) is 0 Å². The van der Waals surface area contributed by atoms with E-state index >= 15 is 0 Å². The molecule has 7 heteroatoms. The summed E-state index contributed by atoms with van der Waals surface area (Å²) in [5, 5.41) is 11.5.